The molecule has 0 unspecified atom stereocenters. The van der Waals surface area contributed by atoms with Gasteiger partial charge < -0.3 is 20.5 Å². The largest absolute Gasteiger partial charge is 0.463 e. The Balaban J connectivity index is 2.02. The first-order chi connectivity index (χ1) is 16.8. The quantitative estimate of drug-likeness (QED) is 0.261. The van der Waals surface area contributed by atoms with Crippen molar-refractivity contribution in [1.82, 2.24) is 10.6 Å². The van der Waals surface area contributed by atoms with Crippen molar-refractivity contribution in [2.24, 2.45) is 11.8 Å². The van der Waals surface area contributed by atoms with Crippen LogP contribution in [-0.4, -0.2) is 47.7 Å². The predicted octanol–water partition coefficient (Wildman–Crippen LogP) is 3.47. The molecule has 1 aliphatic rings. The van der Waals surface area contributed by atoms with Crippen LogP contribution in [0.2, 0.25) is 0 Å². The van der Waals surface area contributed by atoms with E-state index in [1.165, 1.54) is 0 Å². The lowest BCUT2D eigenvalue weighted by Crippen LogP contribution is -2.52. The minimum atomic E-state index is -0.632. The van der Waals surface area contributed by atoms with Gasteiger partial charge in [-0.1, -0.05) is 55.3 Å². The molecule has 0 bridgehead atoms. The minimum Gasteiger partial charge on any atom is -0.463 e. The zero-order valence-corrected chi connectivity index (χ0v) is 20.8. The fourth-order valence-electron chi connectivity index (χ4n) is 4.50. The monoisotopic (exact) mass is 484 g/mol. The molecular weight excluding hydrogens is 444 g/mol. The van der Waals surface area contributed by atoms with E-state index in [1.807, 2.05) is 30.3 Å². The standard InChI is InChI=1S/C28H40N2O5/c1-4-11-23(18-25(32)29-21(3)19-31)26(33)30-28(15-9-10-16-28)20-35-27(34)24(12-5-2)17-22-13-7-6-8-14-22/h4-8,13-14,21,23-24,31H,1-2,9-12,15-20H2,3H3,(H,29,32)(H,30,33)/t21-,23-,24-/m1/s1. The molecule has 192 valence electrons. The highest BCUT2D eigenvalue weighted by molar-refractivity contribution is 5.86. The number of hydrogen-bond donors (Lipinski definition) is 3. The third kappa shape index (κ3) is 9.32. The van der Waals surface area contributed by atoms with Crippen LogP contribution in [0.1, 0.15) is 57.4 Å². The van der Waals surface area contributed by atoms with E-state index in [2.05, 4.69) is 23.8 Å². The molecule has 2 amide bonds. The number of benzene rings is 1. The van der Waals surface area contributed by atoms with Gasteiger partial charge in [0.05, 0.1) is 24.0 Å². The van der Waals surface area contributed by atoms with Crippen LogP contribution in [0.15, 0.2) is 55.6 Å². The van der Waals surface area contributed by atoms with Crippen LogP contribution in [-0.2, 0) is 25.5 Å². The zero-order chi connectivity index (χ0) is 25.7. The van der Waals surface area contributed by atoms with Gasteiger partial charge in [0, 0.05) is 12.5 Å². The van der Waals surface area contributed by atoms with E-state index in [9.17, 15) is 14.4 Å². The molecule has 0 aliphatic heterocycles. The molecule has 1 saturated carbocycles. The lowest BCUT2D eigenvalue weighted by atomic mass is 9.93. The van der Waals surface area contributed by atoms with Crippen molar-refractivity contribution in [1.29, 1.82) is 0 Å². The van der Waals surface area contributed by atoms with Gasteiger partial charge in [-0.3, -0.25) is 14.4 Å². The van der Waals surface area contributed by atoms with Crippen LogP contribution in [0.5, 0.6) is 0 Å². The van der Waals surface area contributed by atoms with E-state index in [0.29, 0.717) is 32.1 Å². The summed E-state index contributed by atoms with van der Waals surface area (Å²) in [4.78, 5) is 38.4. The number of esters is 1. The summed E-state index contributed by atoms with van der Waals surface area (Å²) in [6, 6.07) is 9.42. The molecule has 7 nitrogen and oxygen atoms in total. The molecule has 1 aromatic carbocycles. The third-order valence-electron chi connectivity index (χ3n) is 6.48. The van der Waals surface area contributed by atoms with Crippen molar-refractivity contribution in [3.63, 3.8) is 0 Å². The maximum absolute atomic E-state index is 13.2. The number of carbonyl (C=O) groups is 3. The molecule has 3 atom stereocenters. The molecule has 0 heterocycles. The van der Waals surface area contributed by atoms with Crippen molar-refractivity contribution in [2.45, 2.75) is 69.9 Å². The van der Waals surface area contributed by atoms with Gasteiger partial charge in [-0.25, -0.2) is 0 Å². The average molecular weight is 485 g/mol. The Kier molecular flexibility index (Phi) is 11.7. The Bertz CT molecular complexity index is 848. The molecule has 1 fully saturated rings. The van der Waals surface area contributed by atoms with Gasteiger partial charge in [-0.05, 0) is 44.6 Å². The van der Waals surface area contributed by atoms with Gasteiger partial charge in [-0.15, -0.1) is 13.2 Å². The molecular formula is C28H40N2O5. The number of nitrogens with one attached hydrogen (secondary N) is 2. The highest BCUT2D eigenvalue weighted by Crippen LogP contribution is 2.31. The first-order valence-corrected chi connectivity index (χ1v) is 12.5. The normalized spacial score (nSPS) is 17.0. The molecule has 1 aliphatic carbocycles. The second kappa shape index (κ2) is 14.5. The molecule has 0 aromatic heterocycles. The Labute approximate surface area is 209 Å². The molecule has 2 rings (SSSR count). The zero-order valence-electron chi connectivity index (χ0n) is 20.8. The van der Waals surface area contributed by atoms with Gasteiger partial charge in [0.25, 0.3) is 0 Å². The van der Waals surface area contributed by atoms with E-state index >= 15 is 0 Å². The van der Waals surface area contributed by atoms with Crippen LogP contribution < -0.4 is 10.6 Å². The number of aliphatic hydroxyl groups excluding tert-OH is 1. The number of ether oxygens (including phenoxy) is 1. The van der Waals surface area contributed by atoms with Crippen molar-refractivity contribution in [3.05, 3.63) is 61.2 Å². The summed E-state index contributed by atoms with van der Waals surface area (Å²) < 4.78 is 5.78. The number of carbonyl (C=O) groups excluding carboxylic acids is 3. The summed E-state index contributed by atoms with van der Waals surface area (Å²) in [6.07, 6.45) is 8.05. The first-order valence-electron chi connectivity index (χ1n) is 12.5. The van der Waals surface area contributed by atoms with Crippen LogP contribution in [0.4, 0.5) is 0 Å². The fraction of sp³-hybridized carbons (Fsp3) is 0.536. The number of hydrogen-bond acceptors (Lipinski definition) is 5. The van der Waals surface area contributed by atoms with E-state index in [-0.39, 0.29) is 49.4 Å². The second-order valence-electron chi connectivity index (χ2n) is 9.57. The van der Waals surface area contributed by atoms with Crippen LogP contribution in [0.25, 0.3) is 0 Å². The Hall–Kier alpha value is -2.93. The fourth-order valence-corrected chi connectivity index (χ4v) is 4.50. The number of amides is 2. The lowest BCUT2D eigenvalue weighted by molar-refractivity contribution is -0.151. The molecule has 0 saturated heterocycles. The SMILES string of the molecule is C=CC[C@H](CC(=O)N[C@H](C)CO)C(=O)NC1(COC(=O)[C@H](CC=C)Cc2ccccc2)CCCC1. The summed E-state index contributed by atoms with van der Waals surface area (Å²) in [6.45, 7) is 9.13. The maximum atomic E-state index is 13.2. The summed E-state index contributed by atoms with van der Waals surface area (Å²) in [5.41, 5.74) is 0.424. The van der Waals surface area contributed by atoms with Gasteiger partial charge in [0.1, 0.15) is 6.61 Å². The van der Waals surface area contributed by atoms with E-state index in [4.69, 9.17) is 9.84 Å². The maximum Gasteiger partial charge on any atom is 0.309 e. The van der Waals surface area contributed by atoms with Crippen LogP contribution in [0.3, 0.4) is 0 Å². The second-order valence-corrected chi connectivity index (χ2v) is 9.57. The number of allylic oxidation sites excluding steroid dienone is 2. The molecule has 1 aromatic rings. The molecule has 3 N–H and O–H groups in total. The number of aliphatic hydroxyl groups is 1. The highest BCUT2D eigenvalue weighted by atomic mass is 16.5. The Morgan fingerprint density at radius 3 is 2.31 bits per heavy atom. The van der Waals surface area contributed by atoms with Crippen molar-refractivity contribution in [3.8, 4) is 0 Å². The summed E-state index contributed by atoms with van der Waals surface area (Å²) in [5, 5.41) is 14.9. The van der Waals surface area contributed by atoms with Crippen LogP contribution >= 0.6 is 0 Å². The van der Waals surface area contributed by atoms with Gasteiger partial charge in [-0.2, -0.15) is 0 Å². The van der Waals surface area contributed by atoms with E-state index in [1.54, 1.807) is 19.1 Å². The Morgan fingerprint density at radius 2 is 1.71 bits per heavy atom. The molecule has 0 spiro atoms. The molecule has 7 heteroatoms. The average Bonchev–Trinajstić information content (AvgIpc) is 3.31. The Morgan fingerprint density at radius 1 is 1.09 bits per heavy atom. The molecule has 0 radical (unpaired) electrons. The van der Waals surface area contributed by atoms with Crippen molar-refractivity contribution < 1.29 is 24.2 Å². The van der Waals surface area contributed by atoms with E-state index in [0.717, 1.165) is 18.4 Å². The van der Waals surface area contributed by atoms with E-state index < -0.39 is 11.5 Å². The number of rotatable bonds is 15. The first kappa shape index (κ1) is 28.3. The molecule has 35 heavy (non-hydrogen) atoms. The smallest absolute Gasteiger partial charge is 0.309 e. The topological polar surface area (TPSA) is 105 Å². The summed E-state index contributed by atoms with van der Waals surface area (Å²) in [7, 11) is 0. The van der Waals surface area contributed by atoms with Gasteiger partial charge in [0.2, 0.25) is 11.8 Å². The van der Waals surface area contributed by atoms with Crippen LogP contribution in [0, 0.1) is 11.8 Å². The van der Waals surface area contributed by atoms with Gasteiger partial charge in [0.15, 0.2) is 0 Å². The predicted molar refractivity (Wildman–Crippen MR) is 136 cm³/mol. The highest BCUT2D eigenvalue weighted by Gasteiger charge is 2.39. The van der Waals surface area contributed by atoms with Crippen molar-refractivity contribution >= 4 is 17.8 Å². The lowest BCUT2D eigenvalue weighted by Gasteiger charge is -2.32. The van der Waals surface area contributed by atoms with Gasteiger partial charge >= 0.3 is 5.97 Å². The summed E-state index contributed by atoms with van der Waals surface area (Å²) in [5.74, 6) is -1.77. The minimum absolute atomic E-state index is 0.00343. The summed E-state index contributed by atoms with van der Waals surface area (Å²) >= 11 is 0. The van der Waals surface area contributed by atoms with Crippen molar-refractivity contribution in [2.75, 3.05) is 13.2 Å². The third-order valence-corrected chi connectivity index (χ3v) is 6.48.